The summed E-state index contributed by atoms with van der Waals surface area (Å²) in [6.45, 7) is 4.52. The van der Waals surface area contributed by atoms with Crippen LogP contribution < -0.4 is 0 Å². The Morgan fingerprint density at radius 2 is 2.00 bits per heavy atom. The minimum Gasteiger partial charge on any atom is -0.507 e. The van der Waals surface area contributed by atoms with Crippen molar-refractivity contribution in [2.45, 2.75) is 13.0 Å². The Kier molecular flexibility index (Phi) is 4.79. The highest BCUT2D eigenvalue weighted by Crippen LogP contribution is 2.36. The van der Waals surface area contributed by atoms with E-state index in [4.69, 9.17) is 9.47 Å². The van der Waals surface area contributed by atoms with Crippen LogP contribution in [0.5, 0.6) is 5.75 Å². The highest BCUT2D eigenvalue weighted by atomic mass is 16.5. The molecule has 1 aliphatic rings. The maximum absolute atomic E-state index is 12.5. The third-order valence-corrected chi connectivity index (χ3v) is 4.15. The molecular formula is C18H21NO4. The molecule has 0 aliphatic carbocycles. The minimum atomic E-state index is -0.608. The number of benzene rings is 2. The number of morpholine rings is 1. The number of hydrogen-bond donors (Lipinski definition) is 1. The second-order valence-corrected chi connectivity index (χ2v) is 5.53. The average Bonchev–Trinajstić information content (AvgIpc) is 2.59. The molecule has 0 aromatic heterocycles. The van der Waals surface area contributed by atoms with Crippen molar-refractivity contribution in [2.75, 3.05) is 32.9 Å². The quantitative estimate of drug-likeness (QED) is 0.879. The molecule has 1 atom stereocenters. The van der Waals surface area contributed by atoms with Crippen molar-refractivity contribution >= 4 is 16.7 Å². The van der Waals surface area contributed by atoms with Gasteiger partial charge in [0.1, 0.15) is 11.8 Å². The van der Waals surface area contributed by atoms with Crippen LogP contribution in [0.2, 0.25) is 0 Å². The van der Waals surface area contributed by atoms with Crippen LogP contribution in [-0.4, -0.2) is 48.9 Å². The fourth-order valence-corrected chi connectivity index (χ4v) is 3.02. The molecule has 1 unspecified atom stereocenters. The van der Waals surface area contributed by atoms with E-state index < -0.39 is 6.04 Å². The van der Waals surface area contributed by atoms with Gasteiger partial charge < -0.3 is 14.6 Å². The molecule has 3 rings (SSSR count). The van der Waals surface area contributed by atoms with Crippen molar-refractivity contribution in [1.29, 1.82) is 0 Å². The topological polar surface area (TPSA) is 59.0 Å². The first-order valence-corrected chi connectivity index (χ1v) is 7.91. The molecule has 0 bridgehead atoms. The number of carbonyl (C=O) groups excluding carboxylic acids is 1. The van der Waals surface area contributed by atoms with Crippen LogP contribution in [0.3, 0.4) is 0 Å². The van der Waals surface area contributed by atoms with Crippen molar-refractivity contribution in [1.82, 2.24) is 4.90 Å². The normalized spacial score (nSPS) is 17.1. The van der Waals surface area contributed by atoms with Crippen LogP contribution in [-0.2, 0) is 14.3 Å². The number of aromatic hydroxyl groups is 1. The molecule has 1 aliphatic heterocycles. The lowest BCUT2D eigenvalue weighted by molar-refractivity contribution is -0.151. The van der Waals surface area contributed by atoms with Crippen LogP contribution in [0.25, 0.3) is 10.8 Å². The molecule has 0 spiro atoms. The van der Waals surface area contributed by atoms with Gasteiger partial charge in [-0.15, -0.1) is 0 Å². The number of phenols is 1. The van der Waals surface area contributed by atoms with Gasteiger partial charge in [-0.3, -0.25) is 4.90 Å². The van der Waals surface area contributed by atoms with Gasteiger partial charge in [-0.2, -0.15) is 0 Å². The number of esters is 1. The van der Waals surface area contributed by atoms with Crippen molar-refractivity contribution in [3.63, 3.8) is 0 Å². The molecule has 122 valence electrons. The van der Waals surface area contributed by atoms with Gasteiger partial charge in [0.05, 0.1) is 19.8 Å². The third kappa shape index (κ3) is 3.16. The van der Waals surface area contributed by atoms with E-state index in [1.807, 2.05) is 41.3 Å². The van der Waals surface area contributed by atoms with Crippen molar-refractivity contribution in [3.8, 4) is 5.75 Å². The Morgan fingerprint density at radius 1 is 1.26 bits per heavy atom. The van der Waals surface area contributed by atoms with Gasteiger partial charge in [-0.25, -0.2) is 4.79 Å². The largest absolute Gasteiger partial charge is 0.507 e. The van der Waals surface area contributed by atoms with Crippen molar-refractivity contribution < 1.29 is 19.4 Å². The van der Waals surface area contributed by atoms with E-state index in [1.165, 1.54) is 0 Å². The maximum Gasteiger partial charge on any atom is 0.328 e. The summed E-state index contributed by atoms with van der Waals surface area (Å²) in [5.74, 6) is -0.187. The van der Waals surface area contributed by atoms with E-state index in [0.29, 0.717) is 38.5 Å². The van der Waals surface area contributed by atoms with Crippen LogP contribution in [0.15, 0.2) is 36.4 Å². The van der Waals surface area contributed by atoms with Crippen LogP contribution in [0.1, 0.15) is 18.5 Å². The molecule has 1 heterocycles. The summed E-state index contributed by atoms with van der Waals surface area (Å²) in [5.41, 5.74) is 0.587. The number of ether oxygens (including phenoxy) is 2. The SMILES string of the molecule is CCOC(=O)C(c1ccc2ccccc2c1O)N1CCOCC1. The number of nitrogens with zero attached hydrogens (tertiary/aromatic N) is 1. The van der Waals surface area contributed by atoms with Gasteiger partial charge in [0.25, 0.3) is 0 Å². The lowest BCUT2D eigenvalue weighted by Crippen LogP contribution is -2.42. The first-order chi connectivity index (χ1) is 11.2. The lowest BCUT2D eigenvalue weighted by Gasteiger charge is -2.33. The summed E-state index contributed by atoms with van der Waals surface area (Å²) in [7, 11) is 0. The van der Waals surface area contributed by atoms with Crippen molar-refractivity contribution in [2.24, 2.45) is 0 Å². The molecule has 5 nitrogen and oxygen atoms in total. The summed E-state index contributed by atoms with van der Waals surface area (Å²) in [4.78, 5) is 14.5. The highest BCUT2D eigenvalue weighted by molar-refractivity contribution is 5.91. The summed E-state index contributed by atoms with van der Waals surface area (Å²) < 4.78 is 10.6. The van der Waals surface area contributed by atoms with Gasteiger partial charge >= 0.3 is 5.97 Å². The third-order valence-electron chi connectivity index (χ3n) is 4.15. The Balaban J connectivity index is 2.04. The van der Waals surface area contributed by atoms with Gasteiger partial charge in [0.15, 0.2) is 0 Å². The van der Waals surface area contributed by atoms with E-state index in [1.54, 1.807) is 6.92 Å². The molecule has 1 saturated heterocycles. The monoisotopic (exact) mass is 315 g/mol. The molecule has 23 heavy (non-hydrogen) atoms. The molecule has 2 aromatic rings. The van der Waals surface area contributed by atoms with Gasteiger partial charge in [0.2, 0.25) is 0 Å². The molecule has 2 aromatic carbocycles. The predicted molar refractivity (Wildman–Crippen MR) is 87.4 cm³/mol. The lowest BCUT2D eigenvalue weighted by atomic mass is 9.98. The molecular weight excluding hydrogens is 294 g/mol. The van der Waals surface area contributed by atoms with E-state index in [-0.39, 0.29) is 11.7 Å². The standard InChI is InChI=1S/C18H21NO4/c1-2-23-18(21)16(19-9-11-22-12-10-19)15-8-7-13-5-3-4-6-14(13)17(15)20/h3-8,16,20H,2,9-12H2,1H3. The van der Waals surface area contributed by atoms with Crippen molar-refractivity contribution in [3.05, 3.63) is 42.0 Å². The Morgan fingerprint density at radius 3 is 2.74 bits per heavy atom. The molecule has 5 heteroatoms. The summed E-state index contributed by atoms with van der Waals surface area (Å²) >= 11 is 0. The Bertz CT molecular complexity index is 694. The van der Waals surface area contributed by atoms with Crippen LogP contribution in [0.4, 0.5) is 0 Å². The van der Waals surface area contributed by atoms with Crippen LogP contribution in [0, 0.1) is 0 Å². The number of fused-ring (bicyclic) bond motifs is 1. The van der Waals surface area contributed by atoms with E-state index in [0.717, 1.165) is 10.8 Å². The number of hydrogen-bond acceptors (Lipinski definition) is 5. The smallest absolute Gasteiger partial charge is 0.328 e. The van der Waals surface area contributed by atoms with E-state index in [9.17, 15) is 9.90 Å². The van der Waals surface area contributed by atoms with Gasteiger partial charge in [-0.05, 0) is 12.3 Å². The maximum atomic E-state index is 12.5. The van der Waals surface area contributed by atoms with Gasteiger partial charge in [0, 0.05) is 24.0 Å². The zero-order valence-electron chi connectivity index (χ0n) is 13.2. The van der Waals surface area contributed by atoms with Crippen LogP contribution >= 0.6 is 0 Å². The number of rotatable bonds is 4. The fourth-order valence-electron chi connectivity index (χ4n) is 3.02. The number of phenolic OH excluding ortho intramolecular Hbond substituents is 1. The average molecular weight is 315 g/mol. The number of carbonyl (C=O) groups is 1. The summed E-state index contributed by atoms with van der Waals surface area (Å²) in [5, 5.41) is 12.4. The minimum absolute atomic E-state index is 0.146. The summed E-state index contributed by atoms with van der Waals surface area (Å²) in [6, 6.07) is 10.7. The van der Waals surface area contributed by atoms with E-state index in [2.05, 4.69) is 0 Å². The molecule has 1 N–H and O–H groups in total. The zero-order valence-corrected chi connectivity index (χ0v) is 13.2. The second-order valence-electron chi connectivity index (χ2n) is 5.53. The Labute approximate surface area is 135 Å². The molecule has 0 radical (unpaired) electrons. The fraction of sp³-hybridized carbons (Fsp3) is 0.389. The zero-order chi connectivity index (χ0) is 16.2. The highest BCUT2D eigenvalue weighted by Gasteiger charge is 2.32. The summed E-state index contributed by atoms with van der Waals surface area (Å²) in [6.07, 6.45) is 0. The first-order valence-electron chi connectivity index (χ1n) is 7.91. The Hall–Kier alpha value is -2.11. The van der Waals surface area contributed by atoms with E-state index >= 15 is 0 Å². The molecule has 0 saturated carbocycles. The predicted octanol–water partition coefficient (Wildman–Crippen LogP) is 2.48. The second kappa shape index (κ2) is 6.98. The molecule has 1 fully saturated rings. The van der Waals surface area contributed by atoms with Gasteiger partial charge in [-0.1, -0.05) is 36.4 Å². The first kappa shape index (κ1) is 15.8. The molecule has 0 amide bonds.